The van der Waals surface area contributed by atoms with Gasteiger partial charge in [-0.1, -0.05) is 0 Å². The van der Waals surface area contributed by atoms with Crippen molar-refractivity contribution >= 4 is 21.7 Å². The zero-order chi connectivity index (χ0) is 19.8. The molecule has 2 heterocycles. The molecule has 2 amide bonds. The molecule has 1 aromatic rings. The fraction of sp³-hybridized carbons (Fsp3) is 0.611. The topological polar surface area (TPSA) is 97.0 Å². The highest BCUT2D eigenvalue weighted by molar-refractivity contribution is 7.90. The van der Waals surface area contributed by atoms with Crippen molar-refractivity contribution in [3.8, 4) is 11.5 Å². The highest BCUT2D eigenvalue weighted by atomic mass is 32.2. The fourth-order valence-electron chi connectivity index (χ4n) is 3.04. The number of carbonyl (C=O) groups excluding carboxylic acids is 1. The number of anilines is 1. The number of benzene rings is 1. The standard InChI is InChI=1S/C18H27N3O5S/c1-12-14(5-6-15-16(12)26-11-25-15)19-17(22)21-9-7-13(8-10-21)20-27(23,24)18(2,3)4/h5-6,13,20H,7-11H2,1-4H3,(H,19,22). The van der Waals surface area contributed by atoms with Gasteiger partial charge in [-0.05, 0) is 52.7 Å². The number of urea groups is 1. The van der Waals surface area contributed by atoms with E-state index in [0.717, 1.165) is 5.56 Å². The Bertz CT molecular complexity index is 824. The number of sulfonamides is 1. The molecule has 8 nitrogen and oxygen atoms in total. The van der Waals surface area contributed by atoms with Crippen molar-refractivity contribution in [2.45, 2.75) is 51.3 Å². The smallest absolute Gasteiger partial charge is 0.321 e. The van der Waals surface area contributed by atoms with Gasteiger partial charge in [0.1, 0.15) is 0 Å². The number of fused-ring (bicyclic) bond motifs is 1. The molecule has 0 saturated carbocycles. The molecule has 0 radical (unpaired) electrons. The van der Waals surface area contributed by atoms with Gasteiger partial charge < -0.3 is 19.7 Å². The number of rotatable bonds is 3. The van der Waals surface area contributed by atoms with Crippen LogP contribution in [0.4, 0.5) is 10.5 Å². The van der Waals surface area contributed by atoms with E-state index in [1.165, 1.54) is 0 Å². The molecule has 0 bridgehead atoms. The van der Waals surface area contributed by atoms with Crippen molar-refractivity contribution in [1.82, 2.24) is 9.62 Å². The minimum absolute atomic E-state index is 0.148. The van der Waals surface area contributed by atoms with Crippen molar-refractivity contribution in [1.29, 1.82) is 0 Å². The number of nitrogens with one attached hydrogen (secondary N) is 2. The average Bonchev–Trinajstić information content (AvgIpc) is 3.06. The molecule has 0 atom stereocenters. The Labute approximate surface area is 160 Å². The summed E-state index contributed by atoms with van der Waals surface area (Å²) >= 11 is 0. The maximum Gasteiger partial charge on any atom is 0.321 e. The monoisotopic (exact) mass is 397 g/mol. The van der Waals surface area contributed by atoms with E-state index in [0.29, 0.717) is 43.1 Å². The second-order valence-electron chi connectivity index (χ2n) is 7.90. The molecule has 2 N–H and O–H groups in total. The molecule has 1 fully saturated rings. The molecule has 27 heavy (non-hydrogen) atoms. The van der Waals surface area contributed by atoms with Crippen LogP contribution in [0.25, 0.3) is 0 Å². The molecule has 9 heteroatoms. The second kappa shape index (κ2) is 7.20. The number of likely N-dealkylation sites (tertiary alicyclic amines) is 1. The minimum atomic E-state index is -3.39. The Morgan fingerprint density at radius 2 is 1.85 bits per heavy atom. The van der Waals surface area contributed by atoms with E-state index >= 15 is 0 Å². The molecule has 0 spiro atoms. The molecule has 3 rings (SSSR count). The van der Waals surface area contributed by atoms with Crippen LogP contribution in [-0.2, 0) is 10.0 Å². The lowest BCUT2D eigenvalue weighted by Gasteiger charge is -2.33. The van der Waals surface area contributed by atoms with Gasteiger partial charge in [0.05, 0.1) is 4.75 Å². The molecular weight excluding hydrogens is 370 g/mol. The first-order chi connectivity index (χ1) is 12.6. The summed E-state index contributed by atoms with van der Waals surface area (Å²) < 4.78 is 37.2. The molecule has 150 valence electrons. The van der Waals surface area contributed by atoms with Crippen LogP contribution in [0.2, 0.25) is 0 Å². The Hall–Kier alpha value is -2.00. The van der Waals surface area contributed by atoms with Crippen molar-refractivity contribution in [3.05, 3.63) is 17.7 Å². The first-order valence-electron chi connectivity index (χ1n) is 9.05. The zero-order valence-electron chi connectivity index (χ0n) is 16.2. The number of carbonyl (C=O) groups is 1. The summed E-state index contributed by atoms with van der Waals surface area (Å²) in [6, 6.07) is 3.23. The average molecular weight is 397 g/mol. The van der Waals surface area contributed by atoms with Crippen molar-refractivity contribution in [3.63, 3.8) is 0 Å². The molecule has 2 aliphatic heterocycles. The van der Waals surface area contributed by atoms with Gasteiger partial charge in [0.25, 0.3) is 0 Å². The number of nitrogens with zero attached hydrogens (tertiary/aromatic N) is 1. The Balaban J connectivity index is 1.57. The van der Waals surface area contributed by atoms with Crippen LogP contribution >= 0.6 is 0 Å². The normalized spacial score (nSPS) is 17.9. The van der Waals surface area contributed by atoms with E-state index in [2.05, 4.69) is 10.0 Å². The third-order valence-corrected chi connectivity index (χ3v) is 7.20. The third-order valence-electron chi connectivity index (χ3n) is 4.94. The second-order valence-corrected chi connectivity index (χ2v) is 10.4. The number of ether oxygens (including phenoxy) is 2. The van der Waals surface area contributed by atoms with E-state index in [4.69, 9.17) is 9.47 Å². The maximum atomic E-state index is 12.6. The van der Waals surface area contributed by atoms with Gasteiger partial charge in [-0.2, -0.15) is 0 Å². The maximum absolute atomic E-state index is 12.6. The van der Waals surface area contributed by atoms with Crippen molar-refractivity contribution in [2.24, 2.45) is 0 Å². The van der Waals surface area contributed by atoms with E-state index in [1.54, 1.807) is 37.8 Å². The summed E-state index contributed by atoms with van der Waals surface area (Å²) in [6.07, 6.45) is 1.17. The van der Waals surface area contributed by atoms with Crippen LogP contribution in [0.5, 0.6) is 11.5 Å². The van der Waals surface area contributed by atoms with Crippen LogP contribution < -0.4 is 19.5 Å². The van der Waals surface area contributed by atoms with Gasteiger partial charge in [0, 0.05) is 30.4 Å². The third kappa shape index (κ3) is 4.14. The van der Waals surface area contributed by atoms with Gasteiger partial charge in [-0.25, -0.2) is 17.9 Å². The summed E-state index contributed by atoms with van der Waals surface area (Å²) in [5, 5.41) is 2.91. The summed E-state index contributed by atoms with van der Waals surface area (Å²) in [5.74, 6) is 1.33. The molecule has 0 aromatic heterocycles. The van der Waals surface area contributed by atoms with Crippen molar-refractivity contribution in [2.75, 3.05) is 25.2 Å². The Morgan fingerprint density at radius 3 is 2.48 bits per heavy atom. The van der Waals surface area contributed by atoms with Crippen LogP contribution in [0.15, 0.2) is 12.1 Å². The van der Waals surface area contributed by atoms with Gasteiger partial charge in [-0.3, -0.25) is 0 Å². The van der Waals surface area contributed by atoms with Crippen LogP contribution in [0.3, 0.4) is 0 Å². The SMILES string of the molecule is Cc1c(NC(=O)N2CCC(NS(=O)(=O)C(C)(C)C)CC2)ccc2c1OCO2. The first kappa shape index (κ1) is 19.8. The number of hydrogen-bond acceptors (Lipinski definition) is 5. The largest absolute Gasteiger partial charge is 0.454 e. The van der Waals surface area contributed by atoms with Crippen LogP contribution in [0.1, 0.15) is 39.2 Å². The number of amides is 2. The lowest BCUT2D eigenvalue weighted by molar-refractivity contribution is 0.173. The van der Waals surface area contributed by atoms with Crippen LogP contribution in [-0.4, -0.2) is 50.0 Å². The zero-order valence-corrected chi connectivity index (χ0v) is 17.0. The van der Waals surface area contributed by atoms with Gasteiger partial charge in [0.15, 0.2) is 11.5 Å². The predicted octanol–water partition coefficient (Wildman–Crippen LogP) is 2.44. The Morgan fingerprint density at radius 1 is 1.19 bits per heavy atom. The lowest BCUT2D eigenvalue weighted by atomic mass is 10.1. The van der Waals surface area contributed by atoms with E-state index in [9.17, 15) is 13.2 Å². The summed E-state index contributed by atoms with van der Waals surface area (Å²) in [5.41, 5.74) is 1.51. The van der Waals surface area contributed by atoms with E-state index in [-0.39, 0.29) is 18.9 Å². The minimum Gasteiger partial charge on any atom is -0.454 e. The van der Waals surface area contributed by atoms with Crippen molar-refractivity contribution < 1.29 is 22.7 Å². The first-order valence-corrected chi connectivity index (χ1v) is 10.5. The number of hydrogen-bond donors (Lipinski definition) is 2. The summed E-state index contributed by atoms with van der Waals surface area (Å²) in [6.45, 7) is 8.06. The highest BCUT2D eigenvalue weighted by Gasteiger charge is 2.33. The number of piperidine rings is 1. The predicted molar refractivity (Wildman–Crippen MR) is 103 cm³/mol. The van der Waals surface area contributed by atoms with Gasteiger partial charge >= 0.3 is 6.03 Å². The Kier molecular flexibility index (Phi) is 5.27. The van der Waals surface area contributed by atoms with E-state index in [1.807, 2.05) is 6.92 Å². The molecule has 0 aliphatic carbocycles. The molecule has 1 aromatic carbocycles. The molecule has 2 aliphatic rings. The highest BCUT2D eigenvalue weighted by Crippen LogP contribution is 2.39. The lowest BCUT2D eigenvalue weighted by Crippen LogP contribution is -2.50. The van der Waals surface area contributed by atoms with Gasteiger partial charge in [-0.15, -0.1) is 0 Å². The molecule has 1 saturated heterocycles. The quantitative estimate of drug-likeness (QED) is 0.817. The summed E-state index contributed by atoms with van der Waals surface area (Å²) in [7, 11) is -3.39. The van der Waals surface area contributed by atoms with E-state index < -0.39 is 14.8 Å². The van der Waals surface area contributed by atoms with Crippen LogP contribution in [0, 0.1) is 6.92 Å². The molecule has 0 unspecified atom stereocenters. The summed E-state index contributed by atoms with van der Waals surface area (Å²) in [4.78, 5) is 14.3. The fourth-order valence-corrected chi connectivity index (χ4v) is 4.07. The molecular formula is C18H27N3O5S. The van der Waals surface area contributed by atoms with Gasteiger partial charge in [0.2, 0.25) is 16.8 Å².